The zero-order chi connectivity index (χ0) is 13.7. The van der Waals surface area contributed by atoms with Gasteiger partial charge in [-0.3, -0.25) is 4.90 Å². The molecule has 1 saturated heterocycles. The molecule has 1 heterocycles. The molecule has 106 valence electrons. The molecule has 0 saturated carbocycles. The molecule has 1 fully saturated rings. The number of halogens is 1. The number of nitrogens with one attached hydrogen (secondary N) is 1. The average Bonchev–Trinajstić information content (AvgIpc) is 2.45. The second-order valence-corrected chi connectivity index (χ2v) is 4.98. The number of nitrogens with zero attached hydrogens (tertiary/aromatic N) is 1. The fourth-order valence-corrected chi connectivity index (χ4v) is 2.72. The molecule has 19 heavy (non-hydrogen) atoms. The van der Waals surface area contributed by atoms with Gasteiger partial charge in [-0.25, -0.2) is 4.39 Å². The predicted octanol–water partition coefficient (Wildman–Crippen LogP) is 2.58. The number of rotatable bonds is 5. The van der Waals surface area contributed by atoms with Gasteiger partial charge in [-0.05, 0) is 24.1 Å². The Balaban J connectivity index is 2.19. The van der Waals surface area contributed by atoms with Crippen molar-refractivity contribution >= 4 is 0 Å². The first-order valence-electron chi connectivity index (χ1n) is 7.04. The molecule has 1 atom stereocenters. The van der Waals surface area contributed by atoms with Crippen LogP contribution in [0.2, 0.25) is 0 Å². The highest BCUT2D eigenvalue weighted by molar-refractivity contribution is 5.31. The molecule has 1 N–H and O–H groups in total. The molecule has 3 nitrogen and oxygen atoms in total. The zero-order valence-electron chi connectivity index (χ0n) is 11.8. The van der Waals surface area contributed by atoms with Crippen molar-refractivity contribution in [3.63, 3.8) is 0 Å². The Hall–Kier alpha value is -1.13. The van der Waals surface area contributed by atoms with Gasteiger partial charge in [-0.1, -0.05) is 19.4 Å². The molecule has 1 aromatic rings. The quantitative estimate of drug-likeness (QED) is 0.886. The highest BCUT2D eigenvalue weighted by atomic mass is 19.1. The molecule has 1 aliphatic rings. The van der Waals surface area contributed by atoms with Crippen LogP contribution in [0.3, 0.4) is 0 Å². The lowest BCUT2D eigenvalue weighted by Gasteiger charge is -2.35. The van der Waals surface area contributed by atoms with Crippen LogP contribution in [0.25, 0.3) is 0 Å². The third-order valence-corrected chi connectivity index (χ3v) is 3.72. The normalized spacial score (nSPS) is 18.3. The van der Waals surface area contributed by atoms with Gasteiger partial charge in [0.2, 0.25) is 0 Å². The Kier molecular flexibility index (Phi) is 5.16. The topological polar surface area (TPSA) is 24.5 Å². The first kappa shape index (κ1) is 14.3. The Morgan fingerprint density at radius 2 is 2.11 bits per heavy atom. The van der Waals surface area contributed by atoms with Crippen molar-refractivity contribution in [1.82, 2.24) is 10.2 Å². The molecule has 0 aliphatic carbocycles. The van der Waals surface area contributed by atoms with Crippen LogP contribution in [0.5, 0.6) is 5.75 Å². The van der Waals surface area contributed by atoms with E-state index in [1.54, 1.807) is 12.1 Å². The van der Waals surface area contributed by atoms with Crippen molar-refractivity contribution < 1.29 is 9.13 Å². The summed E-state index contributed by atoms with van der Waals surface area (Å²) in [5.74, 6) is 0.0514. The minimum atomic E-state index is -0.267. The van der Waals surface area contributed by atoms with Crippen LogP contribution in [0.4, 0.5) is 4.39 Å². The molecule has 0 unspecified atom stereocenters. The summed E-state index contributed by atoms with van der Waals surface area (Å²) in [6, 6.07) is 5.66. The Morgan fingerprint density at radius 1 is 1.37 bits per heavy atom. The van der Waals surface area contributed by atoms with E-state index in [1.807, 2.05) is 6.07 Å². The van der Waals surface area contributed by atoms with Crippen molar-refractivity contribution in [2.75, 3.05) is 33.3 Å². The van der Waals surface area contributed by atoms with Gasteiger partial charge in [0.1, 0.15) is 0 Å². The largest absolute Gasteiger partial charge is 0.494 e. The van der Waals surface area contributed by atoms with E-state index in [9.17, 15) is 4.39 Å². The van der Waals surface area contributed by atoms with E-state index in [-0.39, 0.29) is 5.82 Å². The maximum atomic E-state index is 13.9. The summed E-state index contributed by atoms with van der Waals surface area (Å²) in [7, 11) is 1.50. The van der Waals surface area contributed by atoms with Crippen molar-refractivity contribution in [2.45, 2.75) is 25.8 Å². The lowest BCUT2D eigenvalue weighted by Crippen LogP contribution is -2.45. The van der Waals surface area contributed by atoms with Crippen molar-refractivity contribution in [3.8, 4) is 5.75 Å². The van der Waals surface area contributed by atoms with Crippen LogP contribution >= 0.6 is 0 Å². The third-order valence-electron chi connectivity index (χ3n) is 3.72. The monoisotopic (exact) mass is 266 g/mol. The lowest BCUT2D eigenvalue weighted by atomic mass is 9.99. The maximum Gasteiger partial charge on any atom is 0.165 e. The summed E-state index contributed by atoms with van der Waals surface area (Å²) in [4.78, 5) is 2.45. The standard InChI is InChI=1S/C15H23FN2O/c1-3-4-14(18-9-7-17-8-10-18)12-5-6-15(19-2)13(16)11-12/h5-6,11,14,17H,3-4,7-10H2,1-2H3/t14-/m1/s1. The predicted molar refractivity (Wildman–Crippen MR) is 75.0 cm³/mol. The second-order valence-electron chi connectivity index (χ2n) is 4.98. The average molecular weight is 266 g/mol. The van der Waals surface area contributed by atoms with E-state index >= 15 is 0 Å². The number of piperazine rings is 1. The second kappa shape index (κ2) is 6.87. The van der Waals surface area contributed by atoms with Crippen molar-refractivity contribution in [2.24, 2.45) is 0 Å². The van der Waals surface area contributed by atoms with Crippen LogP contribution in [0.15, 0.2) is 18.2 Å². The van der Waals surface area contributed by atoms with Crippen molar-refractivity contribution in [3.05, 3.63) is 29.6 Å². The lowest BCUT2D eigenvalue weighted by molar-refractivity contribution is 0.164. The summed E-state index contributed by atoms with van der Waals surface area (Å²) in [5, 5.41) is 3.36. The van der Waals surface area contributed by atoms with E-state index in [0.29, 0.717) is 11.8 Å². The molecule has 0 amide bonds. The fraction of sp³-hybridized carbons (Fsp3) is 0.600. The van der Waals surface area contributed by atoms with Crippen LogP contribution < -0.4 is 10.1 Å². The first-order chi connectivity index (χ1) is 9.26. The summed E-state index contributed by atoms with van der Waals surface area (Å²) >= 11 is 0. The van der Waals surface area contributed by atoms with Gasteiger partial charge in [0.15, 0.2) is 11.6 Å². The molecule has 0 aromatic heterocycles. The van der Waals surface area contributed by atoms with Gasteiger partial charge < -0.3 is 10.1 Å². The van der Waals surface area contributed by atoms with Crippen LogP contribution in [-0.4, -0.2) is 38.2 Å². The van der Waals surface area contributed by atoms with E-state index in [0.717, 1.165) is 44.6 Å². The molecule has 0 spiro atoms. The fourth-order valence-electron chi connectivity index (χ4n) is 2.72. The van der Waals surface area contributed by atoms with Gasteiger partial charge in [0.05, 0.1) is 7.11 Å². The van der Waals surface area contributed by atoms with E-state index < -0.39 is 0 Å². The number of methoxy groups -OCH3 is 1. The molecule has 2 rings (SSSR count). The SMILES string of the molecule is CCC[C@H](c1ccc(OC)c(F)c1)N1CCNCC1. The molecular formula is C15H23FN2O. The van der Waals surface area contributed by atoms with Gasteiger partial charge in [-0.15, -0.1) is 0 Å². The van der Waals surface area contributed by atoms with Crippen LogP contribution in [-0.2, 0) is 0 Å². The highest BCUT2D eigenvalue weighted by Crippen LogP contribution is 2.29. The first-order valence-corrected chi connectivity index (χ1v) is 7.04. The van der Waals surface area contributed by atoms with Gasteiger partial charge >= 0.3 is 0 Å². The van der Waals surface area contributed by atoms with Gasteiger partial charge in [-0.2, -0.15) is 0 Å². The summed E-state index contributed by atoms with van der Waals surface area (Å²) < 4.78 is 18.8. The Morgan fingerprint density at radius 3 is 2.68 bits per heavy atom. The van der Waals surface area contributed by atoms with E-state index in [1.165, 1.54) is 7.11 Å². The number of ether oxygens (including phenoxy) is 1. The Labute approximate surface area is 114 Å². The molecule has 1 aliphatic heterocycles. The number of hydrogen-bond donors (Lipinski definition) is 1. The molecule has 0 bridgehead atoms. The molecule has 0 radical (unpaired) electrons. The number of benzene rings is 1. The summed E-state index contributed by atoms with van der Waals surface area (Å²) in [6.45, 7) is 6.25. The summed E-state index contributed by atoms with van der Waals surface area (Å²) in [6.07, 6.45) is 2.16. The minimum Gasteiger partial charge on any atom is -0.494 e. The molecular weight excluding hydrogens is 243 g/mol. The van der Waals surface area contributed by atoms with Gasteiger partial charge in [0, 0.05) is 32.2 Å². The van der Waals surface area contributed by atoms with Crippen LogP contribution in [0.1, 0.15) is 31.4 Å². The van der Waals surface area contributed by atoms with E-state index in [4.69, 9.17) is 4.74 Å². The van der Waals surface area contributed by atoms with Crippen molar-refractivity contribution in [1.29, 1.82) is 0 Å². The van der Waals surface area contributed by atoms with Crippen LogP contribution in [0, 0.1) is 5.82 Å². The highest BCUT2D eigenvalue weighted by Gasteiger charge is 2.22. The maximum absolute atomic E-state index is 13.9. The minimum absolute atomic E-state index is 0.267. The molecule has 4 heteroatoms. The third kappa shape index (κ3) is 3.45. The number of hydrogen-bond acceptors (Lipinski definition) is 3. The Bertz CT molecular complexity index is 405. The zero-order valence-corrected chi connectivity index (χ0v) is 11.8. The summed E-state index contributed by atoms with van der Waals surface area (Å²) in [5.41, 5.74) is 1.06. The van der Waals surface area contributed by atoms with E-state index in [2.05, 4.69) is 17.1 Å². The van der Waals surface area contributed by atoms with Gasteiger partial charge in [0.25, 0.3) is 0 Å². The molecule has 1 aromatic carbocycles. The smallest absolute Gasteiger partial charge is 0.165 e.